The fraction of sp³-hybridized carbons (Fsp3) is 0.400. The third-order valence-corrected chi connectivity index (χ3v) is 6.58. The third-order valence-electron chi connectivity index (χ3n) is 5.67. The molecule has 1 N–H and O–H groups in total. The molecule has 26 heavy (non-hydrogen) atoms. The van der Waals surface area contributed by atoms with E-state index >= 15 is 0 Å². The molecule has 0 radical (unpaired) electrons. The Hall–Kier alpha value is -2.52. The first-order valence-corrected chi connectivity index (χ1v) is 9.79. The van der Waals surface area contributed by atoms with Crippen LogP contribution in [-0.2, 0) is 9.59 Å². The second-order valence-corrected chi connectivity index (χ2v) is 7.97. The lowest BCUT2D eigenvalue weighted by molar-refractivity contribution is -0.145. The Kier molecular flexibility index (Phi) is 4.33. The molecular formula is C20H19N3O2S. The molecule has 1 spiro atoms. The Balaban J connectivity index is 1.78. The molecule has 1 aromatic carbocycles. The lowest BCUT2D eigenvalue weighted by Gasteiger charge is -2.46. The van der Waals surface area contributed by atoms with Crippen molar-refractivity contribution in [3.05, 3.63) is 40.7 Å². The van der Waals surface area contributed by atoms with Gasteiger partial charge in [-0.05, 0) is 12.8 Å². The zero-order valence-corrected chi connectivity index (χ0v) is 15.1. The normalized spacial score (nSPS) is 24.9. The molecule has 1 saturated carbocycles. The van der Waals surface area contributed by atoms with Crippen LogP contribution in [0.5, 0.6) is 0 Å². The number of nitriles is 1. The maximum absolute atomic E-state index is 12.8. The molecule has 1 aromatic heterocycles. The van der Waals surface area contributed by atoms with Gasteiger partial charge in [-0.3, -0.25) is 14.9 Å². The van der Waals surface area contributed by atoms with Gasteiger partial charge in [0, 0.05) is 16.4 Å². The van der Waals surface area contributed by atoms with Gasteiger partial charge in [0.1, 0.15) is 10.9 Å². The van der Waals surface area contributed by atoms with E-state index in [0.717, 1.165) is 43.4 Å². The van der Waals surface area contributed by atoms with E-state index in [0.29, 0.717) is 5.01 Å². The van der Waals surface area contributed by atoms with Crippen molar-refractivity contribution in [3.8, 4) is 17.3 Å². The Bertz CT molecular complexity index is 878. The van der Waals surface area contributed by atoms with E-state index in [1.54, 1.807) is 0 Å². The lowest BCUT2D eigenvalue weighted by atomic mass is 9.57. The van der Waals surface area contributed by atoms with Gasteiger partial charge in [0.05, 0.1) is 17.7 Å². The Morgan fingerprint density at radius 2 is 1.85 bits per heavy atom. The van der Waals surface area contributed by atoms with Crippen molar-refractivity contribution in [2.24, 2.45) is 11.3 Å². The summed E-state index contributed by atoms with van der Waals surface area (Å²) in [6.07, 6.45) is 4.39. The summed E-state index contributed by atoms with van der Waals surface area (Å²) in [5, 5.41) is 14.7. The highest BCUT2D eigenvalue weighted by Gasteiger charge is 2.57. The van der Waals surface area contributed by atoms with Crippen molar-refractivity contribution < 1.29 is 9.59 Å². The maximum Gasteiger partial charge on any atom is 0.244 e. The topological polar surface area (TPSA) is 82.9 Å². The van der Waals surface area contributed by atoms with Crippen LogP contribution in [0.4, 0.5) is 0 Å². The number of hydrogen-bond acceptors (Lipinski definition) is 5. The summed E-state index contributed by atoms with van der Waals surface area (Å²) in [4.78, 5) is 29.9. The SMILES string of the molecule is N#CC1C(=O)NC(=O)C(c2nc(-c3ccccc3)cs2)C12CCCCC2. The number of benzene rings is 1. The van der Waals surface area contributed by atoms with Gasteiger partial charge in [-0.1, -0.05) is 49.6 Å². The molecule has 1 saturated heterocycles. The summed E-state index contributed by atoms with van der Waals surface area (Å²) in [6, 6.07) is 12.0. The summed E-state index contributed by atoms with van der Waals surface area (Å²) in [5.74, 6) is -2.09. The molecule has 2 atom stereocenters. The molecule has 4 rings (SSSR count). The van der Waals surface area contributed by atoms with Crippen molar-refractivity contribution in [3.63, 3.8) is 0 Å². The summed E-state index contributed by atoms with van der Waals surface area (Å²) >= 11 is 1.44. The molecule has 2 fully saturated rings. The van der Waals surface area contributed by atoms with Crippen LogP contribution in [0.2, 0.25) is 0 Å². The van der Waals surface area contributed by atoms with Crippen LogP contribution in [-0.4, -0.2) is 16.8 Å². The zero-order valence-electron chi connectivity index (χ0n) is 14.3. The summed E-state index contributed by atoms with van der Waals surface area (Å²) in [6.45, 7) is 0. The molecule has 0 bridgehead atoms. The smallest absolute Gasteiger partial charge is 0.244 e. The van der Waals surface area contributed by atoms with Crippen LogP contribution in [0.1, 0.15) is 43.0 Å². The van der Waals surface area contributed by atoms with E-state index in [1.807, 2.05) is 35.7 Å². The first-order valence-electron chi connectivity index (χ1n) is 8.91. The van der Waals surface area contributed by atoms with Gasteiger partial charge in [0.15, 0.2) is 0 Å². The highest BCUT2D eigenvalue weighted by atomic mass is 32.1. The van der Waals surface area contributed by atoms with Gasteiger partial charge in [-0.2, -0.15) is 5.26 Å². The van der Waals surface area contributed by atoms with Gasteiger partial charge >= 0.3 is 0 Å². The van der Waals surface area contributed by atoms with E-state index in [2.05, 4.69) is 11.4 Å². The molecule has 1 aliphatic heterocycles. The van der Waals surface area contributed by atoms with E-state index < -0.39 is 23.2 Å². The van der Waals surface area contributed by atoms with E-state index in [9.17, 15) is 14.9 Å². The number of thiazole rings is 1. The third kappa shape index (κ3) is 2.63. The van der Waals surface area contributed by atoms with Crippen LogP contribution in [0.3, 0.4) is 0 Å². The first kappa shape index (κ1) is 16.9. The molecule has 132 valence electrons. The van der Waals surface area contributed by atoms with Crippen LogP contribution in [0, 0.1) is 22.7 Å². The summed E-state index contributed by atoms with van der Waals surface area (Å²) in [5.41, 5.74) is 1.20. The molecular weight excluding hydrogens is 346 g/mol. The highest BCUT2D eigenvalue weighted by Crippen LogP contribution is 2.54. The number of aromatic nitrogens is 1. The van der Waals surface area contributed by atoms with Crippen molar-refractivity contribution in [2.45, 2.75) is 38.0 Å². The van der Waals surface area contributed by atoms with E-state index in [1.165, 1.54) is 11.3 Å². The molecule has 1 aliphatic carbocycles. The molecule has 2 unspecified atom stereocenters. The van der Waals surface area contributed by atoms with Gasteiger partial charge in [-0.25, -0.2) is 4.98 Å². The monoisotopic (exact) mass is 365 g/mol. The van der Waals surface area contributed by atoms with E-state index in [4.69, 9.17) is 4.98 Å². The minimum Gasteiger partial charge on any atom is -0.295 e. The second-order valence-electron chi connectivity index (χ2n) is 7.08. The van der Waals surface area contributed by atoms with Crippen molar-refractivity contribution in [2.75, 3.05) is 0 Å². The summed E-state index contributed by atoms with van der Waals surface area (Å²) < 4.78 is 0. The zero-order chi connectivity index (χ0) is 18.1. The molecule has 2 heterocycles. The number of piperidine rings is 1. The maximum atomic E-state index is 12.8. The van der Waals surface area contributed by atoms with E-state index in [-0.39, 0.29) is 5.91 Å². The quantitative estimate of drug-likeness (QED) is 0.824. The largest absolute Gasteiger partial charge is 0.295 e. The number of carbonyl (C=O) groups is 2. The standard InChI is InChI=1S/C20H19N3O2S/c21-11-14-17(24)23-18(25)16(20(14)9-5-2-6-10-20)19-22-15(12-26-19)13-7-3-1-4-8-13/h1,3-4,7-8,12,14,16H,2,5-6,9-10H2,(H,23,24,25). The summed E-state index contributed by atoms with van der Waals surface area (Å²) in [7, 11) is 0. The lowest BCUT2D eigenvalue weighted by Crippen LogP contribution is -2.57. The fourth-order valence-corrected chi connectivity index (χ4v) is 5.50. The average molecular weight is 365 g/mol. The van der Waals surface area contributed by atoms with Crippen molar-refractivity contribution in [1.29, 1.82) is 5.26 Å². The van der Waals surface area contributed by atoms with Gasteiger partial charge < -0.3 is 0 Å². The van der Waals surface area contributed by atoms with Gasteiger partial charge in [0.25, 0.3) is 0 Å². The molecule has 2 amide bonds. The Morgan fingerprint density at radius 3 is 2.54 bits per heavy atom. The van der Waals surface area contributed by atoms with Crippen molar-refractivity contribution in [1.82, 2.24) is 10.3 Å². The van der Waals surface area contributed by atoms with Gasteiger partial charge in [-0.15, -0.1) is 11.3 Å². The Morgan fingerprint density at radius 1 is 1.12 bits per heavy atom. The molecule has 5 nitrogen and oxygen atoms in total. The minimum atomic E-state index is -0.797. The van der Waals surface area contributed by atoms with Crippen LogP contribution >= 0.6 is 11.3 Å². The molecule has 2 aliphatic rings. The van der Waals surface area contributed by atoms with Crippen LogP contribution < -0.4 is 5.32 Å². The fourth-order valence-electron chi connectivity index (χ4n) is 4.45. The molecule has 2 aromatic rings. The van der Waals surface area contributed by atoms with Gasteiger partial charge in [0.2, 0.25) is 11.8 Å². The number of carbonyl (C=O) groups excluding carboxylic acids is 2. The highest BCUT2D eigenvalue weighted by molar-refractivity contribution is 7.10. The van der Waals surface area contributed by atoms with Crippen molar-refractivity contribution >= 4 is 23.2 Å². The number of amides is 2. The Labute approximate surface area is 156 Å². The first-order chi connectivity index (χ1) is 12.7. The predicted octanol–water partition coefficient (Wildman–Crippen LogP) is 3.64. The minimum absolute atomic E-state index is 0.308. The number of rotatable bonds is 2. The number of imide groups is 1. The number of hydrogen-bond donors (Lipinski definition) is 1. The molecule has 6 heteroatoms. The predicted molar refractivity (Wildman–Crippen MR) is 98.1 cm³/mol. The van der Waals surface area contributed by atoms with Crippen LogP contribution in [0.25, 0.3) is 11.3 Å². The number of nitrogens with zero attached hydrogens (tertiary/aromatic N) is 2. The number of nitrogens with one attached hydrogen (secondary N) is 1. The van der Waals surface area contributed by atoms with Crippen LogP contribution in [0.15, 0.2) is 35.7 Å². The average Bonchev–Trinajstić information content (AvgIpc) is 3.12. The second kappa shape index (κ2) is 6.65.